The summed E-state index contributed by atoms with van der Waals surface area (Å²) in [7, 11) is 3.21. The van der Waals surface area contributed by atoms with Crippen molar-refractivity contribution in [2.45, 2.75) is 46.0 Å². The number of hydrogen-bond acceptors (Lipinski definition) is 7. The summed E-state index contributed by atoms with van der Waals surface area (Å²) < 4.78 is 24.1. The lowest BCUT2D eigenvalue weighted by atomic mass is 9.75. The largest absolute Gasteiger partial charge is 0.481 e. The van der Waals surface area contributed by atoms with Gasteiger partial charge in [-0.1, -0.05) is 24.6 Å². The van der Waals surface area contributed by atoms with Crippen LogP contribution in [0.4, 0.5) is 10.3 Å². The van der Waals surface area contributed by atoms with E-state index in [1.807, 2.05) is 25.1 Å². The maximum Gasteiger partial charge on any atom is 0.220 e. The van der Waals surface area contributed by atoms with E-state index in [-0.39, 0.29) is 11.7 Å². The molecule has 4 N–H and O–H groups in total. The third kappa shape index (κ3) is 6.25. The smallest absolute Gasteiger partial charge is 0.220 e. The zero-order valence-electron chi connectivity index (χ0n) is 21.8. The van der Waals surface area contributed by atoms with Gasteiger partial charge in [0, 0.05) is 30.8 Å². The number of halogens is 1. The number of nitrogen functional groups attached to an aromatic ring is 1. The molecule has 0 radical (unpaired) electrons. The van der Waals surface area contributed by atoms with E-state index in [1.165, 1.54) is 17.2 Å². The van der Waals surface area contributed by atoms with Crippen molar-refractivity contribution < 1.29 is 13.9 Å². The molecule has 0 saturated carbocycles. The molecule has 8 heteroatoms. The number of methoxy groups -OCH3 is 2. The molecule has 3 aromatic rings. The van der Waals surface area contributed by atoms with Crippen molar-refractivity contribution in [3.8, 4) is 17.1 Å². The molecule has 1 aromatic carbocycles. The van der Waals surface area contributed by atoms with Gasteiger partial charge < -0.3 is 20.9 Å². The highest BCUT2D eigenvalue weighted by atomic mass is 19.1. The first-order chi connectivity index (χ1) is 17.3. The molecule has 4 rings (SSSR count). The van der Waals surface area contributed by atoms with Crippen LogP contribution in [-0.4, -0.2) is 42.3 Å². The molecular weight excluding hydrogens is 457 g/mol. The first kappa shape index (κ1) is 27.2. The average Bonchev–Trinajstić information content (AvgIpc) is 2.88. The third-order valence-electron chi connectivity index (χ3n) is 6.41. The Kier molecular flexibility index (Phi) is 9.50. The second-order valence-electron chi connectivity index (χ2n) is 8.78. The maximum atomic E-state index is 14.3. The zero-order chi connectivity index (χ0) is 26.2. The minimum absolute atomic E-state index is 0.126. The van der Waals surface area contributed by atoms with E-state index in [1.54, 1.807) is 26.4 Å². The fraction of sp³-hybridized carbons (Fsp3) is 0.393. The Hall–Kier alpha value is -3.36. The average molecular weight is 494 g/mol. The lowest BCUT2D eigenvalue weighted by Gasteiger charge is -2.30. The van der Waals surface area contributed by atoms with E-state index in [2.05, 4.69) is 33.5 Å². The van der Waals surface area contributed by atoms with Gasteiger partial charge in [0.25, 0.3) is 0 Å². The Morgan fingerprint density at radius 1 is 1.11 bits per heavy atom. The number of hydrogen-bond donors (Lipinski definition) is 2. The highest BCUT2D eigenvalue weighted by Crippen LogP contribution is 2.44. The van der Waals surface area contributed by atoms with E-state index in [0.29, 0.717) is 37.1 Å². The van der Waals surface area contributed by atoms with Crippen LogP contribution in [0, 0.1) is 12.7 Å². The topological polar surface area (TPSA) is 109 Å². The van der Waals surface area contributed by atoms with E-state index in [4.69, 9.17) is 16.2 Å². The Labute approximate surface area is 212 Å². The van der Waals surface area contributed by atoms with Crippen molar-refractivity contribution in [2.24, 2.45) is 5.73 Å². The van der Waals surface area contributed by atoms with Crippen LogP contribution in [-0.2, 0) is 11.2 Å². The molecule has 0 saturated heterocycles. The molecule has 2 heterocycles. The van der Waals surface area contributed by atoms with Gasteiger partial charge in [-0.2, -0.15) is 0 Å². The summed E-state index contributed by atoms with van der Waals surface area (Å²) in [6, 6.07) is 10.5. The van der Waals surface area contributed by atoms with Crippen molar-refractivity contribution in [3.05, 3.63) is 70.3 Å². The normalized spacial score (nSPS) is 16.0. The lowest BCUT2D eigenvalue weighted by Crippen LogP contribution is -2.18. The first-order valence-corrected chi connectivity index (χ1v) is 12.1. The SMILES string of the molecule is CC/C(C)=C1/CC(c2ccc(F)cc2-c2cccc(OC)n2)Cc2nc(N)nc(C)c21.COCCN. The molecule has 1 atom stereocenters. The van der Waals surface area contributed by atoms with Crippen LogP contribution in [0.25, 0.3) is 16.8 Å². The van der Waals surface area contributed by atoms with Crippen LogP contribution in [0.3, 0.4) is 0 Å². The van der Waals surface area contributed by atoms with Gasteiger partial charge >= 0.3 is 0 Å². The summed E-state index contributed by atoms with van der Waals surface area (Å²) in [4.78, 5) is 13.5. The van der Waals surface area contributed by atoms with Crippen LogP contribution >= 0.6 is 0 Å². The summed E-state index contributed by atoms with van der Waals surface area (Å²) in [5, 5.41) is 0. The fourth-order valence-corrected chi connectivity index (χ4v) is 4.57. The number of benzene rings is 1. The quantitative estimate of drug-likeness (QED) is 0.493. The second-order valence-corrected chi connectivity index (χ2v) is 8.78. The van der Waals surface area contributed by atoms with E-state index in [0.717, 1.165) is 40.9 Å². The minimum Gasteiger partial charge on any atom is -0.481 e. The van der Waals surface area contributed by atoms with Crippen LogP contribution < -0.4 is 16.2 Å². The molecule has 0 spiro atoms. The van der Waals surface area contributed by atoms with Gasteiger partial charge in [-0.3, -0.25) is 0 Å². The number of nitrogens with two attached hydrogens (primary N) is 2. The van der Waals surface area contributed by atoms with Gasteiger partial charge in [-0.25, -0.2) is 19.3 Å². The molecule has 1 aliphatic carbocycles. The van der Waals surface area contributed by atoms with Crippen molar-refractivity contribution in [2.75, 3.05) is 33.1 Å². The molecule has 0 aliphatic heterocycles. The van der Waals surface area contributed by atoms with Crippen molar-refractivity contribution in [1.29, 1.82) is 0 Å². The molecule has 36 heavy (non-hydrogen) atoms. The van der Waals surface area contributed by atoms with Gasteiger partial charge in [0.05, 0.1) is 30.8 Å². The second kappa shape index (κ2) is 12.6. The van der Waals surface area contributed by atoms with Crippen molar-refractivity contribution in [1.82, 2.24) is 15.0 Å². The van der Waals surface area contributed by atoms with Gasteiger partial charge in [-0.05, 0) is 68.4 Å². The van der Waals surface area contributed by atoms with Gasteiger partial charge in [0.15, 0.2) is 0 Å². The molecule has 0 bridgehead atoms. The molecule has 7 nitrogen and oxygen atoms in total. The van der Waals surface area contributed by atoms with Crippen LogP contribution in [0.2, 0.25) is 0 Å². The Bertz CT molecular complexity index is 1230. The first-order valence-electron chi connectivity index (χ1n) is 12.1. The summed E-state index contributed by atoms with van der Waals surface area (Å²) in [6.07, 6.45) is 2.49. The van der Waals surface area contributed by atoms with Gasteiger partial charge in [0.1, 0.15) is 5.82 Å². The third-order valence-corrected chi connectivity index (χ3v) is 6.41. The monoisotopic (exact) mass is 493 g/mol. The zero-order valence-corrected chi connectivity index (χ0v) is 21.8. The number of rotatable bonds is 6. The summed E-state index contributed by atoms with van der Waals surface area (Å²) >= 11 is 0. The molecule has 192 valence electrons. The number of aryl methyl sites for hydroxylation is 1. The Morgan fingerprint density at radius 2 is 1.89 bits per heavy atom. The summed E-state index contributed by atoms with van der Waals surface area (Å²) in [5.74, 6) is 0.628. The summed E-state index contributed by atoms with van der Waals surface area (Å²) in [5.41, 5.74) is 19.1. The van der Waals surface area contributed by atoms with E-state index in [9.17, 15) is 4.39 Å². The molecule has 1 aliphatic rings. The molecule has 2 aromatic heterocycles. The number of nitrogens with zero attached hydrogens (tertiary/aromatic N) is 3. The molecular formula is C28H36FN5O2. The van der Waals surface area contributed by atoms with Gasteiger partial charge in [-0.15, -0.1) is 0 Å². The highest BCUT2D eigenvalue weighted by Gasteiger charge is 2.30. The summed E-state index contributed by atoms with van der Waals surface area (Å²) in [6.45, 7) is 7.59. The molecule has 0 amide bonds. The van der Waals surface area contributed by atoms with Gasteiger partial charge in [0.2, 0.25) is 11.8 Å². The highest BCUT2D eigenvalue weighted by molar-refractivity contribution is 5.76. The van der Waals surface area contributed by atoms with Crippen molar-refractivity contribution >= 4 is 11.5 Å². The number of pyridine rings is 1. The Balaban J connectivity index is 0.000000658. The number of allylic oxidation sites excluding steroid dienone is 2. The predicted molar refractivity (Wildman–Crippen MR) is 142 cm³/mol. The standard InChI is InChI=1S/C25H27FN4O.C3H9NO/c1-5-14(2)19-11-16(12-22-24(19)15(3)28-25(27)30-22)18-10-9-17(26)13-20(18)21-7-6-8-23(29-21)31-4;1-5-3-2-4/h6-10,13,16H,5,11-12H2,1-4H3,(H2,27,28,30);2-4H2,1H3/b19-14-;. The number of anilines is 1. The van der Waals surface area contributed by atoms with Crippen LogP contribution in [0.5, 0.6) is 5.88 Å². The molecule has 1 unspecified atom stereocenters. The number of ether oxygens (including phenoxy) is 2. The number of fused-ring (bicyclic) bond motifs is 1. The number of aromatic nitrogens is 3. The lowest BCUT2D eigenvalue weighted by molar-refractivity contribution is 0.207. The minimum atomic E-state index is -0.289. The van der Waals surface area contributed by atoms with E-state index < -0.39 is 0 Å². The van der Waals surface area contributed by atoms with Crippen molar-refractivity contribution in [3.63, 3.8) is 0 Å². The Morgan fingerprint density at radius 3 is 2.53 bits per heavy atom. The fourth-order valence-electron chi connectivity index (χ4n) is 4.57. The predicted octanol–water partition coefficient (Wildman–Crippen LogP) is 5.08. The molecule has 0 fully saturated rings. The van der Waals surface area contributed by atoms with Crippen LogP contribution in [0.1, 0.15) is 55.1 Å². The van der Waals surface area contributed by atoms with E-state index >= 15 is 0 Å². The maximum absolute atomic E-state index is 14.3. The van der Waals surface area contributed by atoms with Crippen LogP contribution in [0.15, 0.2) is 42.0 Å².